The Bertz CT molecular complexity index is 1400. The lowest BCUT2D eigenvalue weighted by Gasteiger charge is -2.36. The molecule has 1 aliphatic heterocycles. The topological polar surface area (TPSA) is 143 Å². The van der Waals surface area contributed by atoms with Gasteiger partial charge in [0, 0.05) is 31.5 Å². The van der Waals surface area contributed by atoms with Crippen molar-refractivity contribution in [3.63, 3.8) is 0 Å². The number of carbonyl (C=O) groups excluding carboxylic acids is 3. The summed E-state index contributed by atoms with van der Waals surface area (Å²) in [5.74, 6) is -0.886. The lowest BCUT2D eigenvalue weighted by atomic mass is 9.79. The van der Waals surface area contributed by atoms with Gasteiger partial charge in [0.15, 0.2) is 0 Å². The van der Waals surface area contributed by atoms with E-state index in [2.05, 4.69) is 15.6 Å². The number of rotatable bonds is 10. The van der Waals surface area contributed by atoms with Gasteiger partial charge in [-0.25, -0.2) is 4.68 Å². The van der Waals surface area contributed by atoms with Crippen molar-refractivity contribution >= 4 is 17.7 Å². The van der Waals surface area contributed by atoms with Gasteiger partial charge in [-0.05, 0) is 48.3 Å². The van der Waals surface area contributed by atoms with Crippen molar-refractivity contribution in [1.82, 2.24) is 25.2 Å². The van der Waals surface area contributed by atoms with E-state index in [0.717, 1.165) is 54.5 Å². The van der Waals surface area contributed by atoms with Crippen molar-refractivity contribution in [2.24, 2.45) is 11.7 Å². The van der Waals surface area contributed by atoms with Gasteiger partial charge in [-0.3, -0.25) is 14.4 Å². The minimum Gasteiger partial charge on any atom is -0.391 e. The SMILES string of the molecule is NC(=O)[C@@H](Cc1ccc(-c2ccccc2)cc1)NC(=O)C1C[C@@H](O)CN1C(=O)[C@H](C1CCC1)n1cc(C2CC2)nn1. The highest BCUT2D eigenvalue weighted by molar-refractivity contribution is 5.93. The molecule has 1 aromatic heterocycles. The summed E-state index contributed by atoms with van der Waals surface area (Å²) >= 11 is 0. The number of hydrogen-bond acceptors (Lipinski definition) is 6. The number of nitrogens with one attached hydrogen (secondary N) is 1. The van der Waals surface area contributed by atoms with Gasteiger partial charge < -0.3 is 21.1 Å². The lowest BCUT2D eigenvalue weighted by Crippen LogP contribution is -2.54. The predicted octanol–water partition coefficient (Wildman–Crippen LogP) is 2.34. The van der Waals surface area contributed by atoms with E-state index < -0.39 is 36.0 Å². The zero-order valence-corrected chi connectivity index (χ0v) is 22.9. The number of primary amides is 1. The Morgan fingerprint density at radius 3 is 2.34 bits per heavy atom. The maximum atomic E-state index is 13.9. The minimum atomic E-state index is -0.960. The van der Waals surface area contributed by atoms with Crippen LogP contribution < -0.4 is 11.1 Å². The lowest BCUT2D eigenvalue weighted by molar-refractivity contribution is -0.144. The van der Waals surface area contributed by atoms with E-state index >= 15 is 0 Å². The van der Waals surface area contributed by atoms with Crippen LogP contribution in [0, 0.1) is 5.92 Å². The first-order chi connectivity index (χ1) is 19.9. The summed E-state index contributed by atoms with van der Waals surface area (Å²) in [6, 6.07) is 15.3. The molecule has 0 bridgehead atoms. The molecule has 4 N–H and O–H groups in total. The predicted molar refractivity (Wildman–Crippen MR) is 151 cm³/mol. The van der Waals surface area contributed by atoms with E-state index in [9.17, 15) is 19.5 Å². The maximum absolute atomic E-state index is 13.9. The molecule has 6 rings (SSSR count). The van der Waals surface area contributed by atoms with Gasteiger partial charge in [-0.1, -0.05) is 66.2 Å². The first kappa shape index (κ1) is 27.1. The first-order valence-electron chi connectivity index (χ1n) is 14.5. The molecule has 214 valence electrons. The molecule has 0 spiro atoms. The van der Waals surface area contributed by atoms with Crippen LogP contribution in [0.1, 0.15) is 61.7 Å². The largest absolute Gasteiger partial charge is 0.391 e. The fourth-order valence-corrected chi connectivity index (χ4v) is 5.94. The van der Waals surface area contributed by atoms with Crippen molar-refractivity contribution in [2.75, 3.05) is 6.54 Å². The summed E-state index contributed by atoms with van der Waals surface area (Å²) in [6.45, 7) is 0.0481. The van der Waals surface area contributed by atoms with E-state index in [-0.39, 0.29) is 31.2 Å². The van der Waals surface area contributed by atoms with E-state index in [1.165, 1.54) is 4.90 Å². The second kappa shape index (κ2) is 11.4. The first-order valence-corrected chi connectivity index (χ1v) is 14.5. The second-order valence-corrected chi connectivity index (χ2v) is 11.7. The molecule has 0 radical (unpaired) electrons. The highest BCUT2D eigenvalue weighted by Crippen LogP contribution is 2.41. The van der Waals surface area contributed by atoms with Gasteiger partial charge in [0.25, 0.3) is 0 Å². The molecule has 2 aromatic carbocycles. The number of benzene rings is 2. The molecule has 3 fully saturated rings. The fourth-order valence-electron chi connectivity index (χ4n) is 5.94. The minimum absolute atomic E-state index is 0.0481. The Hall–Kier alpha value is -4.05. The van der Waals surface area contributed by atoms with Crippen molar-refractivity contribution in [1.29, 1.82) is 0 Å². The molecular weight excluding hydrogens is 520 g/mol. The molecular formula is C31H36N6O4. The van der Waals surface area contributed by atoms with Gasteiger partial charge in [0.05, 0.1) is 11.8 Å². The quantitative estimate of drug-likeness (QED) is 0.350. The van der Waals surface area contributed by atoms with E-state index in [4.69, 9.17) is 5.73 Å². The number of likely N-dealkylation sites (tertiary alicyclic amines) is 1. The molecule has 3 aliphatic rings. The van der Waals surface area contributed by atoms with Gasteiger partial charge in [-0.15, -0.1) is 5.10 Å². The fraction of sp³-hybridized carbons (Fsp3) is 0.452. The molecule has 1 saturated heterocycles. The van der Waals surface area contributed by atoms with Crippen molar-refractivity contribution < 1.29 is 19.5 Å². The van der Waals surface area contributed by atoms with Crippen molar-refractivity contribution in [2.45, 2.75) is 75.1 Å². The average molecular weight is 557 g/mol. The van der Waals surface area contributed by atoms with Crippen LogP contribution in [0.3, 0.4) is 0 Å². The van der Waals surface area contributed by atoms with Crippen LogP contribution in [0.4, 0.5) is 0 Å². The highest BCUT2D eigenvalue weighted by atomic mass is 16.3. The molecule has 1 unspecified atom stereocenters. The van der Waals surface area contributed by atoms with E-state index in [1.807, 2.05) is 60.8 Å². The molecule has 3 aromatic rings. The summed E-state index contributed by atoms with van der Waals surface area (Å²) < 4.78 is 1.66. The normalized spacial score (nSPS) is 22.1. The third-order valence-corrected chi connectivity index (χ3v) is 8.68. The number of nitrogens with two attached hydrogens (primary N) is 1. The molecule has 2 aliphatic carbocycles. The van der Waals surface area contributed by atoms with Gasteiger partial charge in [0.1, 0.15) is 18.1 Å². The van der Waals surface area contributed by atoms with E-state index in [0.29, 0.717) is 5.92 Å². The number of aliphatic hydroxyl groups excluding tert-OH is 1. The van der Waals surface area contributed by atoms with Gasteiger partial charge >= 0.3 is 0 Å². The zero-order chi connectivity index (χ0) is 28.5. The molecule has 41 heavy (non-hydrogen) atoms. The molecule has 2 heterocycles. The van der Waals surface area contributed by atoms with Crippen molar-refractivity contribution in [3.05, 3.63) is 72.1 Å². The molecule has 10 nitrogen and oxygen atoms in total. The zero-order valence-electron chi connectivity index (χ0n) is 22.9. The highest BCUT2D eigenvalue weighted by Gasteiger charge is 2.45. The Morgan fingerprint density at radius 1 is 1.00 bits per heavy atom. The molecule has 4 atom stereocenters. The Balaban J connectivity index is 1.16. The summed E-state index contributed by atoms with van der Waals surface area (Å²) in [4.78, 5) is 41.3. The smallest absolute Gasteiger partial charge is 0.248 e. The Kier molecular flexibility index (Phi) is 7.57. The Morgan fingerprint density at radius 2 is 1.71 bits per heavy atom. The van der Waals surface area contributed by atoms with E-state index in [1.54, 1.807) is 4.68 Å². The standard InChI is InChI=1S/C31H36N6O4/c32-29(39)25(15-19-9-11-21(12-10-19)20-5-2-1-3-6-20)33-30(40)27-16-24(38)17-36(27)31(41)28(23-7-4-8-23)37-18-26(34-35-37)22-13-14-22/h1-3,5-6,9-12,18,22-25,27-28,38H,4,7-8,13-17H2,(H2,32,39)(H,33,40)/t24-,25-,27?,28+/m1/s1. The molecule has 3 amide bonds. The van der Waals surface area contributed by atoms with Crippen LogP contribution in [0.5, 0.6) is 0 Å². The number of β-amino-alcohol motifs (C(OH)–C–C–N with tert-alkyl or cyclic N) is 1. The third kappa shape index (κ3) is 5.88. The van der Waals surface area contributed by atoms with Gasteiger partial charge in [-0.2, -0.15) is 0 Å². The van der Waals surface area contributed by atoms with Crippen molar-refractivity contribution in [3.8, 4) is 11.1 Å². The van der Waals surface area contributed by atoms with Crippen LogP contribution in [0.15, 0.2) is 60.8 Å². The number of nitrogens with zero attached hydrogens (tertiary/aromatic N) is 4. The van der Waals surface area contributed by atoms with Crippen LogP contribution in [0.25, 0.3) is 11.1 Å². The number of aromatic nitrogens is 3. The summed E-state index contributed by atoms with van der Waals surface area (Å²) in [5, 5.41) is 21.9. The van der Waals surface area contributed by atoms with Crippen LogP contribution in [0.2, 0.25) is 0 Å². The third-order valence-electron chi connectivity index (χ3n) is 8.68. The summed E-state index contributed by atoms with van der Waals surface area (Å²) in [7, 11) is 0. The summed E-state index contributed by atoms with van der Waals surface area (Å²) in [5.41, 5.74) is 9.56. The number of hydrogen-bond donors (Lipinski definition) is 3. The maximum Gasteiger partial charge on any atom is 0.248 e. The average Bonchev–Trinajstić information content (AvgIpc) is 3.55. The van der Waals surface area contributed by atoms with Crippen LogP contribution >= 0.6 is 0 Å². The van der Waals surface area contributed by atoms with Gasteiger partial charge in [0.2, 0.25) is 17.7 Å². The number of aliphatic hydroxyl groups is 1. The molecule has 10 heteroatoms. The number of carbonyl (C=O) groups is 3. The molecule has 2 saturated carbocycles. The number of amides is 3. The Labute approximate surface area is 238 Å². The summed E-state index contributed by atoms with van der Waals surface area (Å²) in [6.07, 6.45) is 6.34. The second-order valence-electron chi connectivity index (χ2n) is 11.7. The van der Waals surface area contributed by atoms with Crippen LogP contribution in [-0.4, -0.2) is 67.5 Å². The monoisotopic (exact) mass is 556 g/mol. The van der Waals surface area contributed by atoms with Crippen LogP contribution in [-0.2, 0) is 20.8 Å².